The van der Waals surface area contributed by atoms with E-state index in [1.807, 2.05) is 0 Å². The first kappa shape index (κ1) is 13.0. The summed E-state index contributed by atoms with van der Waals surface area (Å²) in [6.45, 7) is 1.09. The lowest BCUT2D eigenvalue weighted by Crippen LogP contribution is -2.15. The van der Waals surface area contributed by atoms with Crippen molar-refractivity contribution in [1.29, 1.82) is 0 Å². The third-order valence-corrected chi connectivity index (χ3v) is 3.17. The highest BCUT2D eigenvalue weighted by Gasteiger charge is 2.38. The van der Waals surface area contributed by atoms with Gasteiger partial charge >= 0.3 is 6.18 Å². The monoisotopic (exact) mass is 261 g/mol. The summed E-state index contributed by atoms with van der Waals surface area (Å²) in [6.07, 6.45) is -3.90. The largest absolute Gasteiger partial charge is 0.504 e. The smallest absolute Gasteiger partial charge is 0.416 e. The van der Waals surface area contributed by atoms with E-state index in [2.05, 4.69) is 5.32 Å². The van der Waals surface area contributed by atoms with Crippen LogP contribution in [0.2, 0.25) is 0 Å². The summed E-state index contributed by atoms with van der Waals surface area (Å²) < 4.78 is 43.7. The normalized spacial score (nSPS) is 20.1. The summed E-state index contributed by atoms with van der Waals surface area (Å²) in [5.74, 6) is -0.664. The number of halogens is 3. The van der Waals surface area contributed by atoms with Crippen LogP contribution in [0.1, 0.15) is 23.5 Å². The van der Waals surface area contributed by atoms with Gasteiger partial charge in [-0.3, -0.25) is 0 Å². The number of phenols is 1. The van der Waals surface area contributed by atoms with Gasteiger partial charge in [0.15, 0.2) is 11.5 Å². The predicted molar refractivity (Wildman–Crippen MR) is 59.9 cm³/mol. The third kappa shape index (κ3) is 2.25. The number of alkyl halides is 3. The topological polar surface area (TPSA) is 41.5 Å². The molecule has 1 aliphatic rings. The first-order valence-corrected chi connectivity index (χ1v) is 5.63. The molecule has 1 heterocycles. The Hall–Kier alpha value is -1.43. The lowest BCUT2D eigenvalue weighted by atomic mass is 9.91. The summed E-state index contributed by atoms with van der Waals surface area (Å²) in [7, 11) is 1.32. The number of ether oxygens (including phenoxy) is 1. The Morgan fingerprint density at radius 3 is 2.61 bits per heavy atom. The molecule has 0 spiro atoms. The maximum absolute atomic E-state index is 12.9. The van der Waals surface area contributed by atoms with Crippen LogP contribution in [-0.2, 0) is 6.18 Å². The quantitative estimate of drug-likeness (QED) is 0.859. The van der Waals surface area contributed by atoms with E-state index in [4.69, 9.17) is 4.74 Å². The van der Waals surface area contributed by atoms with Crippen molar-refractivity contribution in [2.75, 3.05) is 20.2 Å². The molecule has 0 saturated carbocycles. The molecule has 18 heavy (non-hydrogen) atoms. The molecule has 0 amide bonds. The number of phenolic OH excluding ortho intramolecular Hbond substituents is 1. The van der Waals surface area contributed by atoms with Crippen molar-refractivity contribution in [3.63, 3.8) is 0 Å². The highest BCUT2D eigenvalue weighted by atomic mass is 19.4. The summed E-state index contributed by atoms with van der Waals surface area (Å²) in [5, 5.41) is 12.9. The van der Waals surface area contributed by atoms with Crippen LogP contribution in [0.5, 0.6) is 11.5 Å². The van der Waals surface area contributed by atoms with E-state index in [0.29, 0.717) is 19.5 Å². The van der Waals surface area contributed by atoms with Crippen molar-refractivity contribution in [1.82, 2.24) is 5.32 Å². The van der Waals surface area contributed by atoms with Crippen molar-refractivity contribution in [2.45, 2.75) is 18.5 Å². The minimum Gasteiger partial charge on any atom is -0.504 e. The van der Waals surface area contributed by atoms with E-state index in [9.17, 15) is 18.3 Å². The first-order chi connectivity index (χ1) is 8.45. The molecule has 0 aromatic heterocycles. The van der Waals surface area contributed by atoms with E-state index in [0.717, 1.165) is 12.1 Å². The van der Waals surface area contributed by atoms with E-state index in [-0.39, 0.29) is 17.2 Å². The number of hydrogen-bond acceptors (Lipinski definition) is 3. The fourth-order valence-corrected chi connectivity index (χ4v) is 2.31. The summed E-state index contributed by atoms with van der Waals surface area (Å²) in [5.41, 5.74) is -0.846. The van der Waals surface area contributed by atoms with Crippen molar-refractivity contribution in [2.24, 2.45) is 0 Å². The van der Waals surface area contributed by atoms with Crippen molar-refractivity contribution in [3.05, 3.63) is 23.3 Å². The third-order valence-electron chi connectivity index (χ3n) is 3.17. The Balaban J connectivity index is 2.56. The molecule has 100 valence electrons. The van der Waals surface area contributed by atoms with Gasteiger partial charge < -0.3 is 15.2 Å². The fraction of sp³-hybridized carbons (Fsp3) is 0.500. The number of hydrogen-bond donors (Lipinski definition) is 2. The molecule has 0 bridgehead atoms. The lowest BCUT2D eigenvalue weighted by Gasteiger charge is -2.20. The predicted octanol–water partition coefficient (Wildman–Crippen LogP) is 2.50. The molecule has 1 atom stereocenters. The molecule has 1 fully saturated rings. The maximum atomic E-state index is 12.9. The zero-order valence-corrected chi connectivity index (χ0v) is 9.84. The maximum Gasteiger partial charge on any atom is 0.416 e. The summed E-state index contributed by atoms with van der Waals surface area (Å²) in [4.78, 5) is 0. The SMILES string of the molecule is COc1ccc(C(F)(F)F)c(C2CCNC2)c1O. The molecule has 6 heteroatoms. The fourth-order valence-electron chi connectivity index (χ4n) is 2.31. The number of rotatable bonds is 2. The standard InChI is InChI=1S/C12H14F3NO2/c1-18-9-3-2-8(12(13,14)15)10(11(9)17)7-4-5-16-6-7/h2-3,7,16-17H,4-6H2,1H3. The van der Waals surface area contributed by atoms with Gasteiger partial charge in [-0.2, -0.15) is 13.2 Å². The Bertz CT molecular complexity index is 440. The van der Waals surface area contributed by atoms with Crippen LogP contribution in [0.15, 0.2) is 12.1 Å². The van der Waals surface area contributed by atoms with Gasteiger partial charge in [0.1, 0.15) is 0 Å². The molecular formula is C12H14F3NO2. The molecule has 2 N–H and O–H groups in total. The van der Waals surface area contributed by atoms with E-state index < -0.39 is 17.5 Å². The second-order valence-electron chi connectivity index (χ2n) is 4.27. The highest BCUT2D eigenvalue weighted by molar-refractivity contribution is 5.52. The number of aromatic hydroxyl groups is 1. The van der Waals surface area contributed by atoms with Crippen LogP contribution >= 0.6 is 0 Å². The van der Waals surface area contributed by atoms with Gasteiger partial charge in [-0.1, -0.05) is 0 Å². The Morgan fingerprint density at radius 1 is 1.39 bits per heavy atom. The van der Waals surface area contributed by atoms with Gasteiger partial charge in [0.25, 0.3) is 0 Å². The Kier molecular flexibility index (Phi) is 3.38. The molecular weight excluding hydrogens is 247 g/mol. The molecule has 2 rings (SSSR count). The van der Waals surface area contributed by atoms with Gasteiger partial charge in [0.05, 0.1) is 12.7 Å². The molecule has 0 radical (unpaired) electrons. The Morgan fingerprint density at radius 2 is 2.11 bits per heavy atom. The van der Waals surface area contributed by atoms with Crippen LogP contribution in [0.4, 0.5) is 13.2 Å². The van der Waals surface area contributed by atoms with Crippen LogP contribution in [0.3, 0.4) is 0 Å². The van der Waals surface area contributed by atoms with Crippen molar-refractivity contribution < 1.29 is 23.0 Å². The zero-order chi connectivity index (χ0) is 13.3. The molecule has 1 aliphatic heterocycles. The molecule has 1 aromatic carbocycles. The summed E-state index contributed by atoms with van der Waals surface area (Å²) >= 11 is 0. The lowest BCUT2D eigenvalue weighted by molar-refractivity contribution is -0.138. The zero-order valence-electron chi connectivity index (χ0n) is 9.84. The molecule has 1 unspecified atom stereocenters. The molecule has 1 aromatic rings. The molecule has 0 aliphatic carbocycles. The minimum absolute atomic E-state index is 0.0631. The number of benzene rings is 1. The van der Waals surface area contributed by atoms with Gasteiger partial charge in [0.2, 0.25) is 0 Å². The molecule has 1 saturated heterocycles. The van der Waals surface area contributed by atoms with Gasteiger partial charge in [-0.05, 0) is 25.1 Å². The van der Waals surface area contributed by atoms with Crippen molar-refractivity contribution in [3.8, 4) is 11.5 Å². The second kappa shape index (κ2) is 4.68. The van der Waals surface area contributed by atoms with Gasteiger partial charge in [-0.15, -0.1) is 0 Å². The number of nitrogens with one attached hydrogen (secondary N) is 1. The average Bonchev–Trinajstić information content (AvgIpc) is 2.80. The minimum atomic E-state index is -4.47. The van der Waals surface area contributed by atoms with Crippen LogP contribution in [0.25, 0.3) is 0 Å². The van der Waals surface area contributed by atoms with Crippen molar-refractivity contribution >= 4 is 0 Å². The first-order valence-electron chi connectivity index (χ1n) is 5.63. The Labute approximate surface area is 103 Å². The van der Waals surface area contributed by atoms with Crippen LogP contribution in [0, 0.1) is 0 Å². The van der Waals surface area contributed by atoms with Gasteiger partial charge in [0, 0.05) is 18.0 Å². The average molecular weight is 261 g/mol. The van der Waals surface area contributed by atoms with Gasteiger partial charge in [-0.25, -0.2) is 0 Å². The van der Waals surface area contributed by atoms with Crippen LogP contribution in [-0.4, -0.2) is 25.3 Å². The number of methoxy groups -OCH3 is 1. The van der Waals surface area contributed by atoms with Crippen LogP contribution < -0.4 is 10.1 Å². The molecule has 3 nitrogen and oxygen atoms in total. The van der Waals surface area contributed by atoms with E-state index in [1.165, 1.54) is 7.11 Å². The van der Waals surface area contributed by atoms with E-state index >= 15 is 0 Å². The summed E-state index contributed by atoms with van der Waals surface area (Å²) in [6, 6.07) is 2.11. The second-order valence-corrected chi connectivity index (χ2v) is 4.27. The van der Waals surface area contributed by atoms with E-state index in [1.54, 1.807) is 0 Å². The highest BCUT2D eigenvalue weighted by Crippen LogP contribution is 2.45.